The highest BCUT2D eigenvalue weighted by Crippen LogP contribution is 2.11. The third-order valence-corrected chi connectivity index (χ3v) is 1.74. The van der Waals surface area contributed by atoms with Crippen LogP contribution in [-0.2, 0) is 0 Å². The van der Waals surface area contributed by atoms with Gasteiger partial charge in [0.15, 0.2) is 0 Å². The lowest BCUT2D eigenvalue weighted by molar-refractivity contribution is 1.24. The highest BCUT2D eigenvalue weighted by atomic mass is 15.1. The first-order valence-corrected chi connectivity index (χ1v) is 4.19. The molecular formula is C10H11N3. The molecule has 0 radical (unpaired) electrons. The summed E-state index contributed by atoms with van der Waals surface area (Å²) in [5.74, 6) is 0.781. The predicted molar refractivity (Wildman–Crippen MR) is 53.0 cm³/mol. The number of benzene rings is 1. The Morgan fingerprint density at radius 2 is 2.00 bits per heavy atom. The smallest absolute Gasteiger partial charge is 0.204 e. The first kappa shape index (κ1) is 7.86. The normalized spacial score (nSPS) is 9.92. The lowest BCUT2D eigenvalue weighted by Crippen LogP contribution is -1.91. The van der Waals surface area contributed by atoms with Crippen LogP contribution in [0.3, 0.4) is 0 Å². The highest BCUT2D eigenvalue weighted by molar-refractivity contribution is 5.52. The summed E-state index contributed by atoms with van der Waals surface area (Å²) >= 11 is 0. The van der Waals surface area contributed by atoms with E-state index in [1.54, 1.807) is 0 Å². The zero-order valence-electron chi connectivity index (χ0n) is 7.41. The zero-order chi connectivity index (χ0) is 9.10. The van der Waals surface area contributed by atoms with Crippen LogP contribution < -0.4 is 5.32 Å². The summed E-state index contributed by atoms with van der Waals surface area (Å²) in [6.07, 6.45) is 1.87. The predicted octanol–water partition coefficient (Wildman–Crippen LogP) is 2.46. The van der Waals surface area contributed by atoms with Crippen LogP contribution in [0.2, 0.25) is 0 Å². The summed E-state index contributed by atoms with van der Waals surface area (Å²) in [7, 11) is 0. The maximum Gasteiger partial charge on any atom is 0.204 e. The monoisotopic (exact) mass is 173 g/mol. The molecule has 1 aromatic heterocycles. The van der Waals surface area contributed by atoms with Gasteiger partial charge in [0.05, 0.1) is 5.69 Å². The van der Waals surface area contributed by atoms with E-state index >= 15 is 0 Å². The molecule has 0 amide bonds. The molecule has 0 saturated heterocycles. The summed E-state index contributed by atoms with van der Waals surface area (Å²) < 4.78 is 0. The Labute approximate surface area is 76.8 Å². The molecule has 0 saturated carbocycles. The molecule has 3 nitrogen and oxygen atoms in total. The van der Waals surface area contributed by atoms with Crippen molar-refractivity contribution < 1.29 is 0 Å². The fraction of sp³-hybridized carbons (Fsp3) is 0.100. The summed E-state index contributed by atoms with van der Waals surface area (Å²) in [5.41, 5.74) is 2.02. The molecule has 0 aliphatic rings. The number of imidazole rings is 1. The van der Waals surface area contributed by atoms with Gasteiger partial charge in [-0.05, 0) is 19.1 Å². The van der Waals surface area contributed by atoms with Crippen molar-refractivity contribution in [2.45, 2.75) is 6.92 Å². The molecule has 0 spiro atoms. The molecule has 3 heteroatoms. The average molecular weight is 173 g/mol. The molecule has 2 rings (SSSR count). The van der Waals surface area contributed by atoms with Gasteiger partial charge in [0, 0.05) is 11.9 Å². The second kappa shape index (κ2) is 3.31. The highest BCUT2D eigenvalue weighted by Gasteiger charge is 1.95. The second-order valence-corrected chi connectivity index (χ2v) is 2.88. The number of para-hydroxylation sites is 1. The van der Waals surface area contributed by atoms with Crippen molar-refractivity contribution >= 4 is 11.6 Å². The van der Waals surface area contributed by atoms with E-state index in [0.29, 0.717) is 0 Å². The second-order valence-electron chi connectivity index (χ2n) is 2.88. The van der Waals surface area contributed by atoms with Crippen LogP contribution in [0.5, 0.6) is 0 Å². The number of anilines is 2. The van der Waals surface area contributed by atoms with Gasteiger partial charge >= 0.3 is 0 Å². The van der Waals surface area contributed by atoms with E-state index in [9.17, 15) is 0 Å². The fourth-order valence-corrected chi connectivity index (χ4v) is 1.14. The topological polar surface area (TPSA) is 40.7 Å². The minimum Gasteiger partial charge on any atom is -0.331 e. The van der Waals surface area contributed by atoms with Crippen molar-refractivity contribution in [2.75, 3.05) is 5.32 Å². The van der Waals surface area contributed by atoms with Crippen molar-refractivity contribution in [1.82, 2.24) is 9.97 Å². The molecule has 0 bridgehead atoms. The molecule has 13 heavy (non-hydrogen) atoms. The lowest BCUT2D eigenvalue weighted by atomic mass is 10.3. The first-order valence-electron chi connectivity index (χ1n) is 4.19. The number of aryl methyl sites for hydroxylation is 1. The molecule has 1 aromatic carbocycles. The van der Waals surface area contributed by atoms with Crippen molar-refractivity contribution in [2.24, 2.45) is 0 Å². The summed E-state index contributed by atoms with van der Waals surface area (Å²) in [4.78, 5) is 7.27. The SMILES string of the molecule is Cc1c[nH]c(Nc2ccccc2)n1. The largest absolute Gasteiger partial charge is 0.331 e. The molecule has 66 valence electrons. The van der Waals surface area contributed by atoms with Gasteiger partial charge in [0.25, 0.3) is 0 Å². The fourth-order valence-electron chi connectivity index (χ4n) is 1.14. The standard InChI is InChI=1S/C10H11N3/c1-8-7-11-10(12-8)13-9-5-3-2-4-6-9/h2-7H,1H3,(H2,11,12,13). The van der Waals surface area contributed by atoms with Crippen LogP contribution in [0.4, 0.5) is 11.6 Å². The van der Waals surface area contributed by atoms with Crippen molar-refractivity contribution in [1.29, 1.82) is 0 Å². The Morgan fingerprint density at radius 1 is 1.23 bits per heavy atom. The van der Waals surface area contributed by atoms with Gasteiger partial charge in [0.2, 0.25) is 5.95 Å². The number of nitrogens with one attached hydrogen (secondary N) is 2. The van der Waals surface area contributed by atoms with Crippen LogP contribution in [0.25, 0.3) is 0 Å². The quantitative estimate of drug-likeness (QED) is 0.732. The molecule has 0 unspecified atom stereocenters. The van der Waals surface area contributed by atoms with E-state index in [0.717, 1.165) is 17.3 Å². The van der Waals surface area contributed by atoms with Crippen LogP contribution in [-0.4, -0.2) is 9.97 Å². The lowest BCUT2D eigenvalue weighted by Gasteiger charge is -2.00. The molecule has 1 heterocycles. The average Bonchev–Trinajstić information content (AvgIpc) is 2.53. The van der Waals surface area contributed by atoms with Crippen LogP contribution in [0.1, 0.15) is 5.69 Å². The van der Waals surface area contributed by atoms with Crippen molar-refractivity contribution in [3.63, 3.8) is 0 Å². The van der Waals surface area contributed by atoms with Crippen molar-refractivity contribution in [3.8, 4) is 0 Å². The van der Waals surface area contributed by atoms with E-state index in [2.05, 4.69) is 15.3 Å². The Balaban J connectivity index is 2.15. The zero-order valence-corrected chi connectivity index (χ0v) is 7.41. The first-order chi connectivity index (χ1) is 6.34. The summed E-state index contributed by atoms with van der Waals surface area (Å²) in [6.45, 7) is 1.95. The van der Waals surface area contributed by atoms with Gasteiger partial charge in [-0.25, -0.2) is 4.98 Å². The Hall–Kier alpha value is -1.77. The van der Waals surface area contributed by atoms with Gasteiger partial charge in [0.1, 0.15) is 0 Å². The molecule has 2 N–H and O–H groups in total. The number of H-pyrrole nitrogens is 1. The summed E-state index contributed by atoms with van der Waals surface area (Å²) in [6, 6.07) is 9.95. The van der Waals surface area contributed by atoms with Gasteiger partial charge in [-0.3, -0.25) is 0 Å². The van der Waals surface area contributed by atoms with Gasteiger partial charge < -0.3 is 10.3 Å². The van der Waals surface area contributed by atoms with E-state index in [-0.39, 0.29) is 0 Å². The maximum absolute atomic E-state index is 4.24. The minimum absolute atomic E-state index is 0.781. The third-order valence-electron chi connectivity index (χ3n) is 1.74. The third kappa shape index (κ3) is 1.87. The van der Waals surface area contributed by atoms with Crippen LogP contribution >= 0.6 is 0 Å². The number of rotatable bonds is 2. The van der Waals surface area contributed by atoms with Crippen LogP contribution in [0.15, 0.2) is 36.5 Å². The molecular weight excluding hydrogens is 162 g/mol. The van der Waals surface area contributed by atoms with E-state index < -0.39 is 0 Å². The molecule has 2 aromatic rings. The van der Waals surface area contributed by atoms with E-state index in [1.807, 2.05) is 43.5 Å². The Morgan fingerprint density at radius 3 is 2.62 bits per heavy atom. The number of aromatic amines is 1. The minimum atomic E-state index is 0.781. The van der Waals surface area contributed by atoms with Gasteiger partial charge in [-0.2, -0.15) is 0 Å². The maximum atomic E-state index is 4.24. The van der Waals surface area contributed by atoms with Crippen LogP contribution in [0, 0.1) is 6.92 Å². The molecule has 0 fully saturated rings. The van der Waals surface area contributed by atoms with Gasteiger partial charge in [-0.1, -0.05) is 18.2 Å². The molecule has 0 aliphatic carbocycles. The Bertz CT molecular complexity index is 378. The number of aromatic nitrogens is 2. The summed E-state index contributed by atoms with van der Waals surface area (Å²) in [5, 5.41) is 3.16. The van der Waals surface area contributed by atoms with E-state index in [1.165, 1.54) is 0 Å². The number of hydrogen-bond acceptors (Lipinski definition) is 2. The molecule has 0 aliphatic heterocycles. The van der Waals surface area contributed by atoms with Crippen molar-refractivity contribution in [3.05, 3.63) is 42.2 Å². The van der Waals surface area contributed by atoms with Gasteiger partial charge in [-0.15, -0.1) is 0 Å². The van der Waals surface area contributed by atoms with E-state index in [4.69, 9.17) is 0 Å². The Kier molecular flexibility index (Phi) is 2.00. The number of hydrogen-bond donors (Lipinski definition) is 2. The molecule has 0 atom stereocenters. The number of nitrogens with zero attached hydrogens (tertiary/aromatic N) is 1.